The molecule has 18 heavy (non-hydrogen) atoms. The molecule has 1 fully saturated rings. The monoisotopic (exact) mass is 266 g/mol. The molecule has 0 N–H and O–H groups in total. The molecule has 2 rings (SSSR count). The van der Waals surface area contributed by atoms with E-state index in [1.807, 2.05) is 4.90 Å². The third-order valence-electron chi connectivity index (χ3n) is 3.01. The maximum absolute atomic E-state index is 11.4. The van der Waals surface area contributed by atoms with Gasteiger partial charge in [0.05, 0.1) is 29.9 Å². The Hall–Kier alpha value is -1.74. The Bertz CT molecular complexity index is 576. The summed E-state index contributed by atoms with van der Waals surface area (Å²) in [4.78, 5) is 1.92. The summed E-state index contributed by atoms with van der Waals surface area (Å²) in [7, 11) is -1.35. The van der Waals surface area contributed by atoms with Gasteiger partial charge in [-0.15, -0.1) is 0 Å². The molecule has 1 aromatic carbocycles. The third kappa shape index (κ3) is 2.57. The zero-order valence-corrected chi connectivity index (χ0v) is 10.9. The maximum atomic E-state index is 11.4. The van der Waals surface area contributed by atoms with Crippen molar-refractivity contribution in [3.05, 3.63) is 23.8 Å². The first-order valence-corrected chi connectivity index (χ1v) is 7.41. The van der Waals surface area contributed by atoms with Crippen molar-refractivity contribution in [3.8, 4) is 11.8 Å². The van der Waals surface area contributed by atoms with Crippen LogP contribution in [-0.4, -0.2) is 40.1 Å². The van der Waals surface area contributed by atoms with Gasteiger partial charge >= 0.3 is 0 Å². The fourth-order valence-electron chi connectivity index (χ4n) is 1.95. The van der Waals surface area contributed by atoms with Crippen LogP contribution in [0.3, 0.4) is 0 Å². The van der Waals surface area contributed by atoms with E-state index in [-0.39, 0.29) is 11.5 Å². The quantitative estimate of drug-likeness (QED) is 0.792. The molecule has 6 heteroatoms. The molecule has 0 aliphatic carbocycles. The van der Waals surface area contributed by atoms with Crippen LogP contribution in [-0.2, 0) is 9.84 Å². The van der Waals surface area contributed by atoms with Crippen LogP contribution >= 0.6 is 0 Å². The molecule has 0 spiro atoms. The highest BCUT2D eigenvalue weighted by atomic mass is 32.2. The van der Waals surface area contributed by atoms with Gasteiger partial charge in [0.2, 0.25) is 0 Å². The minimum Gasteiger partial charge on any atom is -0.497 e. The van der Waals surface area contributed by atoms with Gasteiger partial charge in [-0.25, -0.2) is 8.42 Å². The van der Waals surface area contributed by atoms with E-state index in [1.165, 1.54) is 0 Å². The van der Waals surface area contributed by atoms with Gasteiger partial charge in [-0.1, -0.05) is 0 Å². The Kier molecular flexibility index (Phi) is 3.43. The molecule has 1 aliphatic heterocycles. The van der Waals surface area contributed by atoms with Crippen LogP contribution in [0.25, 0.3) is 0 Å². The molecule has 0 amide bonds. The van der Waals surface area contributed by atoms with Crippen LogP contribution < -0.4 is 9.64 Å². The molecule has 5 nitrogen and oxygen atoms in total. The van der Waals surface area contributed by atoms with Gasteiger partial charge in [0.1, 0.15) is 11.8 Å². The van der Waals surface area contributed by atoms with E-state index in [0.29, 0.717) is 24.4 Å². The third-order valence-corrected chi connectivity index (χ3v) is 4.62. The van der Waals surface area contributed by atoms with Crippen LogP contribution in [0, 0.1) is 11.3 Å². The average Bonchev–Trinajstić information content (AvgIpc) is 2.38. The number of hydrogen-bond acceptors (Lipinski definition) is 5. The molecule has 1 aliphatic rings. The van der Waals surface area contributed by atoms with Crippen molar-refractivity contribution in [2.75, 3.05) is 36.6 Å². The lowest BCUT2D eigenvalue weighted by Gasteiger charge is -2.29. The van der Waals surface area contributed by atoms with Gasteiger partial charge in [-0.05, 0) is 12.1 Å². The summed E-state index contributed by atoms with van der Waals surface area (Å²) in [6.45, 7) is 0.842. The summed E-state index contributed by atoms with van der Waals surface area (Å²) in [5.74, 6) is 0.932. The summed E-state index contributed by atoms with van der Waals surface area (Å²) < 4.78 is 27.9. The lowest BCUT2D eigenvalue weighted by atomic mass is 10.1. The van der Waals surface area contributed by atoms with Crippen molar-refractivity contribution in [1.82, 2.24) is 0 Å². The van der Waals surface area contributed by atoms with Crippen molar-refractivity contribution < 1.29 is 13.2 Å². The van der Waals surface area contributed by atoms with E-state index in [0.717, 1.165) is 5.69 Å². The predicted octanol–water partition coefficient (Wildman–Crippen LogP) is 0.802. The van der Waals surface area contributed by atoms with Crippen LogP contribution in [0.4, 0.5) is 5.69 Å². The molecule has 0 bridgehead atoms. The summed E-state index contributed by atoms with van der Waals surface area (Å²) in [6, 6.07) is 7.31. The predicted molar refractivity (Wildman–Crippen MR) is 68.6 cm³/mol. The summed E-state index contributed by atoms with van der Waals surface area (Å²) >= 11 is 0. The number of methoxy groups -OCH3 is 1. The highest BCUT2D eigenvalue weighted by Gasteiger charge is 2.23. The van der Waals surface area contributed by atoms with E-state index >= 15 is 0 Å². The van der Waals surface area contributed by atoms with Crippen LogP contribution in [0.1, 0.15) is 5.56 Å². The highest BCUT2D eigenvalue weighted by Crippen LogP contribution is 2.26. The summed E-state index contributed by atoms with van der Waals surface area (Å²) in [6.07, 6.45) is 0. The first kappa shape index (κ1) is 12.7. The number of nitrogens with zero attached hydrogens (tertiary/aromatic N) is 2. The number of nitriles is 1. The molecular formula is C12H14N2O3S. The molecule has 0 atom stereocenters. The van der Waals surface area contributed by atoms with Crippen molar-refractivity contribution in [2.45, 2.75) is 0 Å². The number of benzene rings is 1. The first-order chi connectivity index (χ1) is 8.55. The number of sulfone groups is 1. The minimum absolute atomic E-state index is 0.134. The van der Waals surface area contributed by atoms with Crippen molar-refractivity contribution >= 4 is 15.5 Å². The second kappa shape index (κ2) is 4.86. The Balaban J connectivity index is 2.30. The Morgan fingerprint density at radius 1 is 1.33 bits per heavy atom. The SMILES string of the molecule is COc1ccc(C#N)c(N2CCS(=O)(=O)CC2)c1. The van der Waals surface area contributed by atoms with E-state index in [1.54, 1.807) is 25.3 Å². The van der Waals surface area contributed by atoms with Gasteiger partial charge in [0.15, 0.2) is 9.84 Å². The largest absolute Gasteiger partial charge is 0.497 e. The topological polar surface area (TPSA) is 70.4 Å². The zero-order chi connectivity index (χ0) is 13.2. The second-order valence-corrected chi connectivity index (χ2v) is 6.44. The molecule has 0 unspecified atom stereocenters. The Morgan fingerprint density at radius 3 is 2.56 bits per heavy atom. The van der Waals surface area contributed by atoms with Crippen LogP contribution in [0.2, 0.25) is 0 Å². The zero-order valence-electron chi connectivity index (χ0n) is 10.1. The Morgan fingerprint density at radius 2 is 2.00 bits per heavy atom. The second-order valence-electron chi connectivity index (χ2n) is 4.13. The molecular weight excluding hydrogens is 252 g/mol. The summed E-state index contributed by atoms with van der Waals surface area (Å²) in [5.41, 5.74) is 1.28. The molecule has 0 saturated carbocycles. The Labute approximate surface area is 107 Å². The number of hydrogen-bond donors (Lipinski definition) is 0. The van der Waals surface area contributed by atoms with E-state index in [4.69, 9.17) is 10.00 Å². The number of ether oxygens (including phenoxy) is 1. The van der Waals surface area contributed by atoms with E-state index in [9.17, 15) is 8.42 Å². The number of rotatable bonds is 2. The lowest BCUT2D eigenvalue weighted by molar-refractivity contribution is 0.414. The average molecular weight is 266 g/mol. The van der Waals surface area contributed by atoms with E-state index in [2.05, 4.69) is 6.07 Å². The molecule has 1 saturated heterocycles. The fourth-order valence-corrected chi connectivity index (χ4v) is 3.15. The first-order valence-electron chi connectivity index (χ1n) is 5.59. The van der Waals surface area contributed by atoms with Gasteiger partial charge in [-0.3, -0.25) is 0 Å². The van der Waals surface area contributed by atoms with Crippen molar-refractivity contribution in [1.29, 1.82) is 5.26 Å². The van der Waals surface area contributed by atoms with Crippen molar-refractivity contribution in [3.63, 3.8) is 0 Å². The van der Waals surface area contributed by atoms with Crippen molar-refractivity contribution in [2.24, 2.45) is 0 Å². The van der Waals surface area contributed by atoms with Crippen LogP contribution in [0.5, 0.6) is 5.75 Å². The van der Waals surface area contributed by atoms with Gasteiger partial charge in [0, 0.05) is 19.2 Å². The van der Waals surface area contributed by atoms with Gasteiger partial charge in [0.25, 0.3) is 0 Å². The molecule has 1 heterocycles. The number of anilines is 1. The fraction of sp³-hybridized carbons (Fsp3) is 0.417. The highest BCUT2D eigenvalue weighted by molar-refractivity contribution is 7.91. The lowest BCUT2D eigenvalue weighted by Crippen LogP contribution is -2.40. The molecule has 1 aromatic rings. The normalized spacial score (nSPS) is 18.1. The van der Waals surface area contributed by atoms with Crippen LogP contribution in [0.15, 0.2) is 18.2 Å². The smallest absolute Gasteiger partial charge is 0.153 e. The standard InChI is InChI=1S/C12H14N2O3S/c1-17-11-3-2-10(9-13)12(8-11)14-4-6-18(15,16)7-5-14/h2-3,8H,4-7H2,1H3. The minimum atomic E-state index is -2.91. The van der Waals surface area contributed by atoms with E-state index < -0.39 is 9.84 Å². The molecule has 0 aromatic heterocycles. The molecule has 96 valence electrons. The van der Waals surface area contributed by atoms with Gasteiger partial charge < -0.3 is 9.64 Å². The molecule has 0 radical (unpaired) electrons. The maximum Gasteiger partial charge on any atom is 0.153 e. The van der Waals surface area contributed by atoms with Gasteiger partial charge in [-0.2, -0.15) is 5.26 Å². The summed E-state index contributed by atoms with van der Waals surface area (Å²) in [5, 5.41) is 9.08.